The second-order valence-corrected chi connectivity index (χ2v) is 7.30. The fraction of sp³-hybridized carbons (Fsp3) is 0.0690. The zero-order valence-corrected chi connectivity index (χ0v) is 17.4. The minimum atomic E-state index is -1.52. The third-order valence-corrected chi connectivity index (χ3v) is 5.12. The van der Waals surface area contributed by atoms with E-state index in [0.29, 0.717) is 22.3 Å². The molecular formula is C29H22O3. The minimum Gasteiger partial charge on any atom is -0.457 e. The molecule has 4 aromatic carbocycles. The van der Waals surface area contributed by atoms with Crippen LogP contribution in [0.3, 0.4) is 0 Å². The van der Waals surface area contributed by atoms with Gasteiger partial charge in [0.05, 0.1) is 5.56 Å². The van der Waals surface area contributed by atoms with Crippen LogP contribution >= 0.6 is 0 Å². The van der Waals surface area contributed by atoms with E-state index in [0.717, 1.165) is 5.56 Å². The number of rotatable bonds is 5. The molecular weight excluding hydrogens is 396 g/mol. The number of ether oxygens (including phenoxy) is 1. The van der Waals surface area contributed by atoms with E-state index >= 15 is 0 Å². The normalized spacial score (nSPS) is 10.7. The molecule has 0 aliphatic rings. The maximum atomic E-state index is 12.8. The highest BCUT2D eigenvalue weighted by Crippen LogP contribution is 2.29. The summed E-state index contributed by atoms with van der Waals surface area (Å²) in [5.74, 6) is 5.58. The zero-order valence-electron chi connectivity index (χ0n) is 17.4. The van der Waals surface area contributed by atoms with Crippen molar-refractivity contribution < 1.29 is 14.6 Å². The first-order valence-corrected chi connectivity index (χ1v) is 10.3. The first kappa shape index (κ1) is 21.1. The van der Waals surface area contributed by atoms with Gasteiger partial charge in [-0.3, -0.25) is 0 Å². The summed E-state index contributed by atoms with van der Waals surface area (Å²) in [5, 5.41) is 11.6. The lowest BCUT2D eigenvalue weighted by molar-refractivity contribution is 0.0472. The molecule has 0 bridgehead atoms. The number of carbonyl (C=O) groups excluding carboxylic acids is 1. The Morgan fingerprint density at radius 3 is 1.81 bits per heavy atom. The molecule has 3 heteroatoms. The third kappa shape index (κ3) is 4.78. The van der Waals surface area contributed by atoms with Crippen LogP contribution in [0.1, 0.15) is 32.6 Å². The summed E-state index contributed by atoms with van der Waals surface area (Å²) < 4.78 is 5.49. The van der Waals surface area contributed by atoms with Gasteiger partial charge in [0.15, 0.2) is 5.60 Å². The zero-order chi connectivity index (χ0) is 22.2. The number of benzene rings is 4. The van der Waals surface area contributed by atoms with Crippen LogP contribution in [0.15, 0.2) is 115 Å². The first-order valence-electron chi connectivity index (χ1n) is 10.3. The van der Waals surface area contributed by atoms with Gasteiger partial charge in [-0.1, -0.05) is 115 Å². The van der Waals surface area contributed by atoms with Crippen LogP contribution in [-0.4, -0.2) is 11.1 Å². The van der Waals surface area contributed by atoms with Crippen molar-refractivity contribution in [2.45, 2.75) is 12.2 Å². The molecule has 32 heavy (non-hydrogen) atoms. The quantitative estimate of drug-likeness (QED) is 0.352. The molecule has 3 nitrogen and oxygen atoms in total. The summed E-state index contributed by atoms with van der Waals surface area (Å²) >= 11 is 0. The van der Waals surface area contributed by atoms with Crippen molar-refractivity contribution in [1.29, 1.82) is 0 Å². The van der Waals surface area contributed by atoms with E-state index < -0.39 is 11.6 Å². The van der Waals surface area contributed by atoms with E-state index in [-0.39, 0.29) is 6.61 Å². The van der Waals surface area contributed by atoms with E-state index in [9.17, 15) is 9.90 Å². The predicted molar refractivity (Wildman–Crippen MR) is 125 cm³/mol. The standard InChI is InChI=1S/C29H22O3/c30-28(32-22-23-12-4-1-5-13-23)27-19-11-10-14-24(27)20-21-29(31,25-15-6-2-7-16-25)26-17-8-3-9-18-26/h1-19,31H,22H2. The fourth-order valence-corrected chi connectivity index (χ4v) is 3.40. The van der Waals surface area contributed by atoms with Crippen LogP contribution < -0.4 is 0 Å². The molecule has 0 amide bonds. The number of carbonyl (C=O) groups is 1. The van der Waals surface area contributed by atoms with E-state index in [1.807, 2.05) is 97.1 Å². The molecule has 1 N–H and O–H groups in total. The van der Waals surface area contributed by atoms with Crippen molar-refractivity contribution in [3.63, 3.8) is 0 Å². The number of esters is 1. The summed E-state index contributed by atoms with van der Waals surface area (Å²) in [5.41, 5.74) is 1.55. The Morgan fingerprint density at radius 1 is 0.719 bits per heavy atom. The fourth-order valence-electron chi connectivity index (χ4n) is 3.40. The van der Waals surface area contributed by atoms with Crippen molar-refractivity contribution in [3.8, 4) is 11.8 Å². The van der Waals surface area contributed by atoms with Crippen LogP contribution in [0.5, 0.6) is 0 Å². The van der Waals surface area contributed by atoms with Crippen LogP contribution in [0.2, 0.25) is 0 Å². The topological polar surface area (TPSA) is 46.5 Å². The molecule has 156 valence electrons. The van der Waals surface area contributed by atoms with Gasteiger partial charge in [0, 0.05) is 16.7 Å². The van der Waals surface area contributed by atoms with E-state index in [4.69, 9.17) is 4.74 Å². The van der Waals surface area contributed by atoms with Crippen molar-refractivity contribution in [3.05, 3.63) is 143 Å². The molecule has 0 heterocycles. The van der Waals surface area contributed by atoms with Crippen LogP contribution in [0.25, 0.3) is 0 Å². The molecule has 0 atom stereocenters. The second kappa shape index (κ2) is 9.78. The lowest BCUT2D eigenvalue weighted by Crippen LogP contribution is -2.25. The van der Waals surface area contributed by atoms with Crippen LogP contribution in [0, 0.1) is 11.8 Å². The SMILES string of the molecule is O=C(OCc1ccccc1)c1ccccc1C#CC(O)(c1ccccc1)c1ccccc1. The summed E-state index contributed by atoms with van der Waals surface area (Å²) in [4.78, 5) is 12.8. The van der Waals surface area contributed by atoms with Gasteiger partial charge in [-0.2, -0.15) is 0 Å². The number of aliphatic hydroxyl groups is 1. The lowest BCUT2D eigenvalue weighted by Gasteiger charge is -2.23. The van der Waals surface area contributed by atoms with Gasteiger partial charge in [-0.15, -0.1) is 0 Å². The number of hydrogen-bond acceptors (Lipinski definition) is 3. The molecule has 0 aliphatic carbocycles. The molecule has 4 aromatic rings. The average Bonchev–Trinajstić information content (AvgIpc) is 2.87. The molecule has 0 saturated carbocycles. The Balaban J connectivity index is 1.67. The third-order valence-electron chi connectivity index (χ3n) is 5.12. The highest BCUT2D eigenvalue weighted by Gasteiger charge is 2.29. The minimum absolute atomic E-state index is 0.180. The van der Waals surface area contributed by atoms with Crippen molar-refractivity contribution in [2.75, 3.05) is 0 Å². The Hall–Kier alpha value is -4.13. The Kier molecular flexibility index (Phi) is 6.46. The molecule has 0 saturated heterocycles. The predicted octanol–water partition coefficient (Wildman–Crippen LogP) is 5.33. The van der Waals surface area contributed by atoms with Gasteiger partial charge in [0.1, 0.15) is 6.61 Å². The summed E-state index contributed by atoms with van der Waals surface area (Å²) in [6.07, 6.45) is 0. The van der Waals surface area contributed by atoms with Crippen LogP contribution in [-0.2, 0) is 16.9 Å². The molecule has 4 rings (SSSR count). The molecule has 0 spiro atoms. The van der Waals surface area contributed by atoms with E-state index in [2.05, 4.69) is 11.8 Å². The molecule has 0 aliphatic heterocycles. The van der Waals surface area contributed by atoms with Crippen LogP contribution in [0.4, 0.5) is 0 Å². The first-order chi connectivity index (χ1) is 15.7. The maximum Gasteiger partial charge on any atom is 0.339 e. The molecule has 0 radical (unpaired) electrons. The lowest BCUT2D eigenvalue weighted by atomic mass is 9.86. The largest absolute Gasteiger partial charge is 0.457 e. The van der Waals surface area contributed by atoms with Gasteiger partial charge in [0.2, 0.25) is 0 Å². The molecule has 0 unspecified atom stereocenters. The second-order valence-electron chi connectivity index (χ2n) is 7.30. The van der Waals surface area contributed by atoms with Gasteiger partial charge in [0.25, 0.3) is 0 Å². The summed E-state index contributed by atoms with van der Waals surface area (Å²) in [6.45, 7) is 0.180. The summed E-state index contributed by atoms with van der Waals surface area (Å²) in [7, 11) is 0. The Morgan fingerprint density at radius 2 is 1.22 bits per heavy atom. The average molecular weight is 418 g/mol. The molecule has 0 aromatic heterocycles. The van der Waals surface area contributed by atoms with Crippen molar-refractivity contribution in [2.24, 2.45) is 0 Å². The molecule has 0 fully saturated rings. The highest BCUT2D eigenvalue weighted by molar-refractivity contribution is 5.92. The van der Waals surface area contributed by atoms with Gasteiger partial charge in [-0.25, -0.2) is 4.79 Å². The highest BCUT2D eigenvalue weighted by atomic mass is 16.5. The van der Waals surface area contributed by atoms with Crippen molar-refractivity contribution in [1.82, 2.24) is 0 Å². The van der Waals surface area contributed by atoms with Crippen molar-refractivity contribution >= 4 is 5.97 Å². The number of hydrogen-bond donors (Lipinski definition) is 1. The maximum absolute atomic E-state index is 12.8. The van der Waals surface area contributed by atoms with E-state index in [1.54, 1.807) is 18.2 Å². The Bertz CT molecular complexity index is 1200. The van der Waals surface area contributed by atoms with E-state index in [1.165, 1.54) is 0 Å². The van der Waals surface area contributed by atoms with Gasteiger partial charge < -0.3 is 9.84 Å². The smallest absolute Gasteiger partial charge is 0.339 e. The van der Waals surface area contributed by atoms with Gasteiger partial charge >= 0.3 is 5.97 Å². The Labute approximate surface area is 187 Å². The monoisotopic (exact) mass is 418 g/mol. The summed E-state index contributed by atoms with van der Waals surface area (Å²) in [6, 6.07) is 35.1. The van der Waals surface area contributed by atoms with Gasteiger partial charge in [-0.05, 0) is 17.7 Å².